The average Bonchev–Trinajstić information content (AvgIpc) is 2.35. The first kappa shape index (κ1) is 15.2. The van der Waals surface area contributed by atoms with Gasteiger partial charge in [-0.15, -0.1) is 0 Å². The molecule has 0 aliphatic rings. The van der Waals surface area contributed by atoms with Gasteiger partial charge in [0.05, 0.1) is 4.90 Å². The van der Waals surface area contributed by atoms with Gasteiger partial charge in [-0.25, -0.2) is 13.4 Å². The molecule has 21 heavy (non-hydrogen) atoms. The molecule has 0 fully saturated rings. The van der Waals surface area contributed by atoms with E-state index < -0.39 is 16.0 Å². The number of sulfonamides is 1. The SMILES string of the molecule is Cc1cc(C)c(S(=O)(=O)Nc2cccc(F)n2)c(C)c1N. The molecule has 112 valence electrons. The minimum atomic E-state index is -3.89. The van der Waals surface area contributed by atoms with Crippen molar-refractivity contribution in [2.45, 2.75) is 25.7 Å². The van der Waals surface area contributed by atoms with Gasteiger partial charge in [-0.05, 0) is 49.6 Å². The van der Waals surface area contributed by atoms with E-state index in [1.165, 1.54) is 12.1 Å². The van der Waals surface area contributed by atoms with Crippen molar-refractivity contribution < 1.29 is 12.8 Å². The number of rotatable bonds is 3. The number of nitrogens with zero attached hydrogens (tertiary/aromatic N) is 1. The summed E-state index contributed by atoms with van der Waals surface area (Å²) < 4.78 is 40.3. The zero-order chi connectivity index (χ0) is 15.8. The average molecular weight is 309 g/mol. The second-order valence-electron chi connectivity index (χ2n) is 4.83. The molecule has 1 aromatic heterocycles. The molecular weight excluding hydrogens is 293 g/mol. The zero-order valence-corrected chi connectivity index (χ0v) is 12.8. The van der Waals surface area contributed by atoms with Gasteiger partial charge in [-0.2, -0.15) is 4.39 Å². The van der Waals surface area contributed by atoms with Crippen molar-refractivity contribution in [2.75, 3.05) is 10.5 Å². The highest BCUT2D eigenvalue weighted by molar-refractivity contribution is 7.92. The van der Waals surface area contributed by atoms with Crippen LogP contribution < -0.4 is 10.5 Å². The number of aryl methyl sites for hydroxylation is 2. The van der Waals surface area contributed by atoms with E-state index in [0.717, 1.165) is 11.6 Å². The number of nitrogens with two attached hydrogens (primary N) is 1. The maximum absolute atomic E-state index is 13.1. The summed E-state index contributed by atoms with van der Waals surface area (Å²) in [6.45, 7) is 5.14. The van der Waals surface area contributed by atoms with Crippen LogP contribution in [0.1, 0.15) is 16.7 Å². The van der Waals surface area contributed by atoms with Gasteiger partial charge in [-0.3, -0.25) is 4.72 Å². The number of nitrogens with one attached hydrogen (secondary N) is 1. The second kappa shape index (κ2) is 5.33. The molecule has 3 N–H and O–H groups in total. The van der Waals surface area contributed by atoms with E-state index in [9.17, 15) is 12.8 Å². The Bertz CT molecular complexity index is 804. The summed E-state index contributed by atoms with van der Waals surface area (Å²) in [6.07, 6.45) is 0. The van der Waals surface area contributed by atoms with E-state index >= 15 is 0 Å². The normalized spacial score (nSPS) is 11.4. The topological polar surface area (TPSA) is 85.1 Å². The Morgan fingerprint density at radius 2 is 1.86 bits per heavy atom. The number of hydrogen-bond donors (Lipinski definition) is 2. The molecule has 1 heterocycles. The first-order chi connectivity index (χ1) is 9.72. The van der Waals surface area contributed by atoms with Crippen molar-refractivity contribution in [3.63, 3.8) is 0 Å². The van der Waals surface area contributed by atoms with Crippen LogP contribution in [-0.4, -0.2) is 13.4 Å². The third-order valence-corrected chi connectivity index (χ3v) is 4.83. The first-order valence-electron chi connectivity index (χ1n) is 6.24. The van der Waals surface area contributed by atoms with Gasteiger partial charge in [-0.1, -0.05) is 12.1 Å². The number of halogens is 1. The van der Waals surface area contributed by atoms with E-state index in [4.69, 9.17) is 5.73 Å². The number of pyridine rings is 1. The molecule has 5 nitrogen and oxygen atoms in total. The fraction of sp³-hybridized carbons (Fsp3) is 0.214. The van der Waals surface area contributed by atoms with Crippen molar-refractivity contribution in [3.05, 3.63) is 46.9 Å². The maximum atomic E-state index is 13.1. The predicted molar refractivity (Wildman–Crippen MR) is 80.1 cm³/mol. The highest BCUT2D eigenvalue weighted by Gasteiger charge is 2.22. The van der Waals surface area contributed by atoms with Crippen LogP contribution >= 0.6 is 0 Å². The van der Waals surface area contributed by atoms with E-state index in [1.807, 2.05) is 6.92 Å². The van der Waals surface area contributed by atoms with Crippen LogP contribution in [-0.2, 0) is 10.0 Å². The summed E-state index contributed by atoms with van der Waals surface area (Å²) in [5.41, 5.74) is 8.18. The molecule has 0 amide bonds. The summed E-state index contributed by atoms with van der Waals surface area (Å²) in [7, 11) is -3.89. The van der Waals surface area contributed by atoms with Crippen molar-refractivity contribution in [1.82, 2.24) is 4.98 Å². The third-order valence-electron chi connectivity index (χ3n) is 3.18. The van der Waals surface area contributed by atoms with Gasteiger partial charge >= 0.3 is 0 Å². The fourth-order valence-electron chi connectivity index (χ4n) is 2.25. The number of benzene rings is 1. The van der Waals surface area contributed by atoms with E-state index in [1.54, 1.807) is 19.9 Å². The molecule has 0 saturated heterocycles. The lowest BCUT2D eigenvalue weighted by molar-refractivity contribution is 0.584. The molecule has 1 aromatic carbocycles. The van der Waals surface area contributed by atoms with Gasteiger partial charge in [0.2, 0.25) is 5.95 Å². The fourth-order valence-corrected chi connectivity index (χ4v) is 3.74. The highest BCUT2D eigenvalue weighted by atomic mass is 32.2. The molecule has 0 aliphatic heterocycles. The summed E-state index contributed by atoms with van der Waals surface area (Å²) >= 11 is 0. The Labute approximate surface area is 123 Å². The molecular formula is C14H16FN3O2S. The quantitative estimate of drug-likeness (QED) is 0.674. The minimum absolute atomic E-state index is 0.0760. The lowest BCUT2D eigenvalue weighted by Crippen LogP contribution is -2.18. The molecule has 0 atom stereocenters. The Morgan fingerprint density at radius 1 is 1.19 bits per heavy atom. The number of hydrogen-bond acceptors (Lipinski definition) is 4. The summed E-state index contributed by atoms with van der Waals surface area (Å²) in [5.74, 6) is -0.833. The Morgan fingerprint density at radius 3 is 2.48 bits per heavy atom. The first-order valence-corrected chi connectivity index (χ1v) is 7.72. The number of aromatic nitrogens is 1. The van der Waals surface area contributed by atoms with Crippen LogP contribution in [0.3, 0.4) is 0 Å². The van der Waals surface area contributed by atoms with Gasteiger partial charge in [0.15, 0.2) is 0 Å². The summed E-state index contributed by atoms with van der Waals surface area (Å²) in [4.78, 5) is 3.59. The number of anilines is 2. The van der Waals surface area contributed by atoms with E-state index in [-0.39, 0.29) is 10.7 Å². The standard InChI is InChI=1S/C14H16FN3O2S/c1-8-7-9(2)14(10(3)13(8)16)21(19,20)18-12-6-4-5-11(15)17-12/h4-7H,16H2,1-3H3,(H,17,18). The van der Waals surface area contributed by atoms with Crippen LogP contribution in [0.2, 0.25) is 0 Å². The molecule has 0 unspecified atom stereocenters. The van der Waals surface area contributed by atoms with Gasteiger partial charge in [0, 0.05) is 5.69 Å². The van der Waals surface area contributed by atoms with Crippen molar-refractivity contribution in [1.29, 1.82) is 0 Å². The smallest absolute Gasteiger partial charge is 0.263 e. The molecule has 2 rings (SSSR count). The summed E-state index contributed by atoms with van der Waals surface area (Å²) in [5, 5.41) is 0. The largest absolute Gasteiger partial charge is 0.398 e. The van der Waals surface area contributed by atoms with Crippen LogP contribution in [0.25, 0.3) is 0 Å². The maximum Gasteiger partial charge on any atom is 0.263 e. The third kappa shape index (κ3) is 2.97. The lowest BCUT2D eigenvalue weighted by atomic mass is 10.1. The number of nitrogen functional groups attached to an aromatic ring is 1. The van der Waals surface area contributed by atoms with E-state index in [0.29, 0.717) is 16.8 Å². The van der Waals surface area contributed by atoms with Gasteiger partial charge < -0.3 is 5.73 Å². The van der Waals surface area contributed by atoms with Crippen LogP contribution in [0, 0.1) is 26.7 Å². The molecule has 0 bridgehead atoms. The van der Waals surface area contributed by atoms with E-state index in [2.05, 4.69) is 9.71 Å². The summed E-state index contributed by atoms with van der Waals surface area (Å²) in [6, 6.07) is 5.60. The highest BCUT2D eigenvalue weighted by Crippen LogP contribution is 2.29. The zero-order valence-electron chi connectivity index (χ0n) is 11.9. The van der Waals surface area contributed by atoms with Crippen LogP contribution in [0.5, 0.6) is 0 Å². The van der Waals surface area contributed by atoms with Crippen molar-refractivity contribution in [2.24, 2.45) is 0 Å². The van der Waals surface area contributed by atoms with Crippen LogP contribution in [0.4, 0.5) is 15.9 Å². The molecule has 7 heteroatoms. The molecule has 0 aliphatic carbocycles. The molecule has 0 spiro atoms. The van der Waals surface area contributed by atoms with Crippen molar-refractivity contribution in [3.8, 4) is 0 Å². The Balaban J connectivity index is 2.53. The molecule has 0 radical (unpaired) electrons. The predicted octanol–water partition coefficient (Wildman–Crippen LogP) is 2.53. The Kier molecular flexibility index (Phi) is 3.87. The van der Waals surface area contributed by atoms with Crippen molar-refractivity contribution >= 4 is 21.5 Å². The molecule has 2 aromatic rings. The minimum Gasteiger partial charge on any atom is -0.398 e. The van der Waals surface area contributed by atoms with Crippen LogP contribution in [0.15, 0.2) is 29.2 Å². The second-order valence-corrected chi connectivity index (χ2v) is 6.45. The van der Waals surface area contributed by atoms with Gasteiger partial charge in [0.25, 0.3) is 10.0 Å². The molecule has 0 saturated carbocycles. The van der Waals surface area contributed by atoms with Gasteiger partial charge in [0.1, 0.15) is 5.82 Å². The Hall–Kier alpha value is -2.15. The lowest BCUT2D eigenvalue weighted by Gasteiger charge is -2.15. The monoisotopic (exact) mass is 309 g/mol.